The number of carbonyl (C=O) groups excluding carboxylic acids is 1. The van der Waals surface area contributed by atoms with Gasteiger partial charge in [-0.05, 0) is 17.5 Å². The van der Waals surface area contributed by atoms with E-state index in [1.165, 1.54) is 0 Å². The first-order valence-corrected chi connectivity index (χ1v) is 9.58. The fraction of sp³-hybridized carbons (Fsp3) is 0.304. The molecule has 142 valence electrons. The molecule has 2 bridgehead atoms. The minimum absolute atomic E-state index is 0.121. The van der Waals surface area contributed by atoms with Crippen LogP contribution in [0.25, 0.3) is 0 Å². The highest BCUT2D eigenvalue weighted by molar-refractivity contribution is 5.91. The highest BCUT2D eigenvalue weighted by atomic mass is 16.5. The van der Waals surface area contributed by atoms with Gasteiger partial charge in [0.05, 0.1) is 18.1 Å². The van der Waals surface area contributed by atoms with Gasteiger partial charge in [0.2, 0.25) is 5.91 Å². The van der Waals surface area contributed by atoms with Gasteiger partial charge in [0.15, 0.2) is 0 Å². The number of hydrogen-bond donors (Lipinski definition) is 1. The van der Waals surface area contributed by atoms with Gasteiger partial charge < -0.3 is 14.7 Å². The number of carboxylic acids is 1. The molecule has 2 saturated heterocycles. The Labute approximate surface area is 163 Å². The van der Waals surface area contributed by atoms with Crippen LogP contribution in [0.4, 0.5) is 0 Å². The molecule has 1 spiro atoms. The molecule has 28 heavy (non-hydrogen) atoms. The summed E-state index contributed by atoms with van der Waals surface area (Å²) in [6.45, 7) is 0.448. The molecule has 3 heterocycles. The first-order chi connectivity index (χ1) is 13.6. The van der Waals surface area contributed by atoms with Crippen molar-refractivity contribution in [1.82, 2.24) is 4.90 Å². The minimum Gasteiger partial charge on any atom is -0.481 e. The molecular formula is C23H21NO4. The minimum atomic E-state index is -0.963. The summed E-state index contributed by atoms with van der Waals surface area (Å²) in [4.78, 5) is 27.2. The molecule has 5 atom stereocenters. The lowest BCUT2D eigenvalue weighted by atomic mass is 9.74. The van der Waals surface area contributed by atoms with E-state index in [1.807, 2.05) is 77.7 Å². The molecule has 5 heteroatoms. The predicted molar refractivity (Wildman–Crippen MR) is 102 cm³/mol. The molecule has 0 radical (unpaired) electrons. The van der Waals surface area contributed by atoms with Gasteiger partial charge in [0.1, 0.15) is 11.5 Å². The van der Waals surface area contributed by atoms with Crippen molar-refractivity contribution < 1.29 is 19.4 Å². The first kappa shape index (κ1) is 17.2. The van der Waals surface area contributed by atoms with Crippen LogP contribution in [0.5, 0.6) is 0 Å². The molecule has 2 fully saturated rings. The maximum atomic E-state index is 13.4. The van der Waals surface area contributed by atoms with E-state index in [4.69, 9.17) is 4.74 Å². The summed E-state index contributed by atoms with van der Waals surface area (Å²) in [5, 5.41) is 9.76. The van der Waals surface area contributed by atoms with E-state index in [0.717, 1.165) is 11.1 Å². The number of carboxylic acid groups (broad SMARTS) is 1. The van der Waals surface area contributed by atoms with Crippen molar-refractivity contribution in [2.75, 3.05) is 0 Å². The summed E-state index contributed by atoms with van der Waals surface area (Å²) in [6, 6.07) is 19.6. The SMILES string of the molecule is O=C(O)[C@H]1[C@H]2C(=O)N(Cc3ccccc3)[C@@H](Cc3ccccc3)[C@]23C=C[C@H]1O3. The van der Waals surface area contributed by atoms with Crippen LogP contribution in [0, 0.1) is 11.8 Å². The Kier molecular flexibility index (Phi) is 3.88. The summed E-state index contributed by atoms with van der Waals surface area (Å²) in [6.07, 6.45) is 3.87. The number of nitrogens with zero attached hydrogens (tertiary/aromatic N) is 1. The smallest absolute Gasteiger partial charge is 0.310 e. The van der Waals surface area contributed by atoms with Crippen LogP contribution in [0.1, 0.15) is 11.1 Å². The van der Waals surface area contributed by atoms with E-state index in [2.05, 4.69) is 0 Å². The van der Waals surface area contributed by atoms with Gasteiger partial charge in [-0.2, -0.15) is 0 Å². The quantitative estimate of drug-likeness (QED) is 0.816. The van der Waals surface area contributed by atoms with Crippen LogP contribution >= 0.6 is 0 Å². The van der Waals surface area contributed by atoms with E-state index in [1.54, 1.807) is 0 Å². The third-order valence-electron chi connectivity index (χ3n) is 6.28. The second kappa shape index (κ2) is 6.31. The summed E-state index contributed by atoms with van der Waals surface area (Å²) in [7, 11) is 0. The largest absolute Gasteiger partial charge is 0.481 e. The highest BCUT2D eigenvalue weighted by Crippen LogP contribution is 2.55. The Hall–Kier alpha value is -2.92. The van der Waals surface area contributed by atoms with E-state index < -0.39 is 29.5 Å². The fourth-order valence-corrected chi connectivity index (χ4v) is 5.08. The first-order valence-electron chi connectivity index (χ1n) is 9.58. The zero-order valence-corrected chi connectivity index (χ0v) is 15.3. The van der Waals surface area contributed by atoms with Gasteiger partial charge in [0, 0.05) is 6.54 Å². The number of hydrogen-bond acceptors (Lipinski definition) is 3. The molecule has 0 saturated carbocycles. The highest BCUT2D eigenvalue weighted by Gasteiger charge is 2.70. The Morgan fingerprint density at radius 3 is 2.32 bits per heavy atom. The van der Waals surface area contributed by atoms with Crippen molar-refractivity contribution in [2.24, 2.45) is 11.8 Å². The molecule has 1 amide bonds. The van der Waals surface area contributed by atoms with Gasteiger partial charge in [0.25, 0.3) is 0 Å². The van der Waals surface area contributed by atoms with Crippen LogP contribution in [0.3, 0.4) is 0 Å². The summed E-state index contributed by atoms with van der Waals surface area (Å²) in [5.74, 6) is -2.58. The molecular weight excluding hydrogens is 354 g/mol. The molecule has 2 aromatic carbocycles. The third kappa shape index (κ3) is 2.43. The van der Waals surface area contributed by atoms with E-state index >= 15 is 0 Å². The molecule has 0 aromatic heterocycles. The number of amides is 1. The van der Waals surface area contributed by atoms with E-state index in [0.29, 0.717) is 13.0 Å². The number of rotatable bonds is 5. The zero-order chi connectivity index (χ0) is 19.3. The summed E-state index contributed by atoms with van der Waals surface area (Å²) in [5.41, 5.74) is 1.26. The Balaban J connectivity index is 1.56. The molecule has 5 nitrogen and oxygen atoms in total. The van der Waals surface area contributed by atoms with Gasteiger partial charge in [-0.25, -0.2) is 0 Å². The monoisotopic (exact) mass is 375 g/mol. The summed E-state index contributed by atoms with van der Waals surface area (Å²) < 4.78 is 6.23. The Morgan fingerprint density at radius 2 is 1.68 bits per heavy atom. The molecule has 0 aliphatic carbocycles. The number of aliphatic carboxylic acids is 1. The Morgan fingerprint density at radius 1 is 1.04 bits per heavy atom. The molecule has 0 unspecified atom stereocenters. The van der Waals surface area contributed by atoms with Gasteiger partial charge in [-0.15, -0.1) is 0 Å². The lowest BCUT2D eigenvalue weighted by molar-refractivity contribution is -0.148. The van der Waals surface area contributed by atoms with Crippen molar-refractivity contribution in [3.63, 3.8) is 0 Å². The predicted octanol–water partition coefficient (Wildman–Crippen LogP) is 2.66. The second-order valence-electron chi connectivity index (χ2n) is 7.79. The molecule has 2 aromatic rings. The van der Waals surface area contributed by atoms with Gasteiger partial charge >= 0.3 is 5.97 Å². The topological polar surface area (TPSA) is 66.8 Å². The lowest BCUT2D eigenvalue weighted by Crippen LogP contribution is -2.46. The maximum absolute atomic E-state index is 13.4. The van der Waals surface area contributed by atoms with Crippen LogP contribution in [0.15, 0.2) is 72.8 Å². The lowest BCUT2D eigenvalue weighted by Gasteiger charge is -2.33. The number of ether oxygens (including phenoxy) is 1. The van der Waals surface area contributed by atoms with Crippen molar-refractivity contribution in [3.8, 4) is 0 Å². The second-order valence-corrected chi connectivity index (χ2v) is 7.79. The fourth-order valence-electron chi connectivity index (χ4n) is 5.08. The van der Waals surface area contributed by atoms with E-state index in [9.17, 15) is 14.7 Å². The van der Waals surface area contributed by atoms with Crippen molar-refractivity contribution in [1.29, 1.82) is 0 Å². The van der Waals surface area contributed by atoms with Crippen molar-refractivity contribution in [2.45, 2.75) is 30.7 Å². The molecule has 3 aliphatic rings. The van der Waals surface area contributed by atoms with Crippen LogP contribution < -0.4 is 0 Å². The van der Waals surface area contributed by atoms with Gasteiger partial charge in [-0.1, -0.05) is 72.8 Å². The van der Waals surface area contributed by atoms with Crippen LogP contribution in [0.2, 0.25) is 0 Å². The maximum Gasteiger partial charge on any atom is 0.310 e. The van der Waals surface area contributed by atoms with Crippen molar-refractivity contribution >= 4 is 11.9 Å². The number of carbonyl (C=O) groups is 2. The normalized spacial score (nSPS) is 32.7. The number of benzene rings is 2. The standard InChI is InChI=1S/C23H21NO4/c25-21-20-19(22(26)27)17-11-12-23(20,28-17)18(13-15-7-3-1-4-8-15)24(21)14-16-9-5-2-6-10-16/h1-12,17-20H,13-14H2,(H,26,27)/t17-,18+,19-,20+,23-/m1/s1. The van der Waals surface area contributed by atoms with Gasteiger partial charge in [-0.3, -0.25) is 9.59 Å². The number of likely N-dealkylation sites (tertiary alicyclic amines) is 1. The van der Waals surface area contributed by atoms with Crippen molar-refractivity contribution in [3.05, 3.63) is 83.9 Å². The van der Waals surface area contributed by atoms with Crippen LogP contribution in [-0.4, -0.2) is 39.6 Å². The average molecular weight is 375 g/mol. The Bertz CT molecular complexity index is 942. The molecule has 3 aliphatic heterocycles. The molecule has 1 N–H and O–H groups in total. The zero-order valence-electron chi connectivity index (χ0n) is 15.3. The number of fused-ring (bicyclic) bond motifs is 1. The summed E-state index contributed by atoms with van der Waals surface area (Å²) >= 11 is 0. The van der Waals surface area contributed by atoms with Crippen LogP contribution in [-0.2, 0) is 27.3 Å². The average Bonchev–Trinajstić information content (AvgIpc) is 3.34. The third-order valence-corrected chi connectivity index (χ3v) is 6.28. The van der Waals surface area contributed by atoms with E-state index in [-0.39, 0.29) is 11.9 Å². The molecule has 5 rings (SSSR count).